The maximum absolute atomic E-state index is 6.06. The van der Waals surface area contributed by atoms with E-state index in [1.165, 1.54) is 49.0 Å². The Morgan fingerprint density at radius 2 is 1.95 bits per heavy atom. The van der Waals surface area contributed by atoms with E-state index in [-0.39, 0.29) is 0 Å². The fraction of sp³-hybridized carbons (Fsp3) is 0.647. The molecular weight excluding hydrogens is 232 g/mol. The number of likely N-dealkylation sites (tertiary alicyclic amines) is 1. The molecule has 1 saturated heterocycles. The maximum atomic E-state index is 6.06. The van der Waals surface area contributed by atoms with Gasteiger partial charge in [0.2, 0.25) is 0 Å². The minimum atomic E-state index is 0.403. The van der Waals surface area contributed by atoms with Gasteiger partial charge in [0.05, 0.1) is 0 Å². The Hall–Kier alpha value is -0.860. The zero-order chi connectivity index (χ0) is 13.8. The summed E-state index contributed by atoms with van der Waals surface area (Å²) in [7, 11) is 0. The summed E-state index contributed by atoms with van der Waals surface area (Å²) in [6.07, 6.45) is 4.01. The van der Waals surface area contributed by atoms with Gasteiger partial charge in [-0.1, -0.05) is 42.7 Å². The van der Waals surface area contributed by atoms with Gasteiger partial charge in [-0.25, -0.2) is 0 Å². The quantitative estimate of drug-likeness (QED) is 0.879. The highest BCUT2D eigenvalue weighted by Gasteiger charge is 2.27. The molecule has 2 rings (SSSR count). The van der Waals surface area contributed by atoms with Crippen molar-refractivity contribution in [3.05, 3.63) is 34.9 Å². The van der Waals surface area contributed by atoms with Crippen LogP contribution in [-0.4, -0.2) is 24.5 Å². The first kappa shape index (κ1) is 14.5. The van der Waals surface area contributed by atoms with Gasteiger partial charge in [-0.15, -0.1) is 0 Å². The van der Waals surface area contributed by atoms with Crippen LogP contribution in [0.25, 0.3) is 0 Å². The fourth-order valence-corrected chi connectivity index (χ4v) is 3.49. The van der Waals surface area contributed by atoms with Crippen LogP contribution >= 0.6 is 0 Å². The van der Waals surface area contributed by atoms with E-state index in [0.717, 1.165) is 12.5 Å². The molecule has 1 aromatic rings. The van der Waals surface area contributed by atoms with Crippen LogP contribution in [0.2, 0.25) is 0 Å². The highest BCUT2D eigenvalue weighted by molar-refractivity contribution is 5.31. The normalized spacial score (nSPS) is 21.8. The minimum Gasteiger partial charge on any atom is -0.329 e. The molecule has 0 saturated carbocycles. The molecule has 2 nitrogen and oxygen atoms in total. The van der Waals surface area contributed by atoms with Crippen molar-refractivity contribution in [2.24, 2.45) is 11.7 Å². The smallest absolute Gasteiger partial charge is 0.0470 e. The van der Waals surface area contributed by atoms with Gasteiger partial charge in [-0.3, -0.25) is 4.90 Å². The van der Waals surface area contributed by atoms with E-state index < -0.39 is 0 Å². The van der Waals surface area contributed by atoms with Crippen LogP contribution in [0.1, 0.15) is 48.9 Å². The summed E-state index contributed by atoms with van der Waals surface area (Å²) in [5.41, 5.74) is 10.2. The van der Waals surface area contributed by atoms with E-state index in [1.54, 1.807) is 0 Å². The van der Waals surface area contributed by atoms with Crippen molar-refractivity contribution in [3.63, 3.8) is 0 Å². The third kappa shape index (κ3) is 3.58. The van der Waals surface area contributed by atoms with E-state index in [2.05, 4.69) is 43.9 Å². The van der Waals surface area contributed by atoms with Crippen LogP contribution in [-0.2, 0) is 0 Å². The Morgan fingerprint density at radius 1 is 1.26 bits per heavy atom. The van der Waals surface area contributed by atoms with Crippen molar-refractivity contribution in [2.75, 3.05) is 19.6 Å². The fourth-order valence-electron chi connectivity index (χ4n) is 3.49. The van der Waals surface area contributed by atoms with E-state index >= 15 is 0 Å². The Labute approximate surface area is 118 Å². The lowest BCUT2D eigenvalue weighted by atomic mass is 10.00. The van der Waals surface area contributed by atoms with Gasteiger partial charge in [0.1, 0.15) is 0 Å². The first-order valence-electron chi connectivity index (χ1n) is 7.66. The summed E-state index contributed by atoms with van der Waals surface area (Å²) in [4.78, 5) is 2.59. The van der Waals surface area contributed by atoms with Crippen LogP contribution in [0.4, 0.5) is 0 Å². The molecule has 2 N–H and O–H groups in total. The molecule has 2 atom stereocenters. The number of nitrogens with two attached hydrogens (primary N) is 1. The molecular formula is C17H28N2. The Bertz CT molecular complexity index is 393. The van der Waals surface area contributed by atoms with Gasteiger partial charge in [-0.2, -0.15) is 0 Å². The number of hydrogen-bond donors (Lipinski definition) is 1. The molecule has 0 bridgehead atoms. The summed E-state index contributed by atoms with van der Waals surface area (Å²) in [6, 6.07) is 7.25. The minimum absolute atomic E-state index is 0.403. The summed E-state index contributed by atoms with van der Waals surface area (Å²) in [5.74, 6) is 0.880. The lowest BCUT2D eigenvalue weighted by Gasteiger charge is -2.28. The van der Waals surface area contributed by atoms with Crippen molar-refractivity contribution >= 4 is 0 Å². The van der Waals surface area contributed by atoms with Crippen molar-refractivity contribution in [1.29, 1.82) is 0 Å². The van der Waals surface area contributed by atoms with Gasteiger partial charge < -0.3 is 5.73 Å². The molecule has 0 radical (unpaired) electrons. The zero-order valence-corrected chi connectivity index (χ0v) is 12.7. The third-order valence-electron chi connectivity index (χ3n) is 4.31. The number of nitrogens with zero attached hydrogens (tertiary/aromatic N) is 1. The lowest BCUT2D eigenvalue weighted by Crippen LogP contribution is -2.32. The first-order chi connectivity index (χ1) is 9.13. The van der Waals surface area contributed by atoms with Crippen LogP contribution in [0, 0.1) is 19.8 Å². The average molecular weight is 260 g/mol. The summed E-state index contributed by atoms with van der Waals surface area (Å²) < 4.78 is 0. The SMILES string of the molecule is CCCC1CCN(C(CN)c2cc(C)cc(C)c2)C1. The summed E-state index contributed by atoms with van der Waals surface area (Å²) >= 11 is 0. The van der Waals surface area contributed by atoms with Gasteiger partial charge in [0.15, 0.2) is 0 Å². The molecule has 1 heterocycles. The second-order valence-electron chi connectivity index (χ2n) is 6.11. The lowest BCUT2D eigenvalue weighted by molar-refractivity contribution is 0.239. The van der Waals surface area contributed by atoms with E-state index in [4.69, 9.17) is 5.73 Å². The number of rotatable bonds is 5. The van der Waals surface area contributed by atoms with Gasteiger partial charge in [0.25, 0.3) is 0 Å². The molecule has 0 spiro atoms. The van der Waals surface area contributed by atoms with E-state index in [1.807, 2.05) is 0 Å². The van der Waals surface area contributed by atoms with Gasteiger partial charge in [-0.05, 0) is 44.7 Å². The van der Waals surface area contributed by atoms with Crippen LogP contribution in [0.15, 0.2) is 18.2 Å². The zero-order valence-electron chi connectivity index (χ0n) is 12.7. The summed E-state index contributed by atoms with van der Waals surface area (Å²) in [5, 5.41) is 0. The van der Waals surface area contributed by atoms with Crippen LogP contribution < -0.4 is 5.73 Å². The Balaban J connectivity index is 2.12. The second-order valence-corrected chi connectivity index (χ2v) is 6.11. The molecule has 0 amide bonds. The standard InChI is InChI=1S/C17H28N2/c1-4-5-15-6-7-19(12-15)17(11-18)16-9-13(2)8-14(3)10-16/h8-10,15,17H,4-7,11-12,18H2,1-3H3. The molecule has 0 aliphatic carbocycles. The Morgan fingerprint density at radius 3 is 2.53 bits per heavy atom. The molecule has 1 aliphatic rings. The third-order valence-corrected chi connectivity index (χ3v) is 4.31. The van der Waals surface area contributed by atoms with E-state index in [9.17, 15) is 0 Å². The average Bonchev–Trinajstić information content (AvgIpc) is 2.78. The molecule has 106 valence electrons. The molecule has 19 heavy (non-hydrogen) atoms. The molecule has 1 fully saturated rings. The van der Waals surface area contributed by atoms with Crippen molar-refractivity contribution in [1.82, 2.24) is 4.90 Å². The predicted octanol–water partition coefficient (Wildman–Crippen LogP) is 3.43. The topological polar surface area (TPSA) is 29.3 Å². The van der Waals surface area contributed by atoms with Gasteiger partial charge >= 0.3 is 0 Å². The Kier molecular flexibility index (Phi) is 5.00. The van der Waals surface area contributed by atoms with E-state index in [0.29, 0.717) is 6.04 Å². The predicted molar refractivity (Wildman–Crippen MR) is 82.3 cm³/mol. The van der Waals surface area contributed by atoms with Crippen LogP contribution in [0.5, 0.6) is 0 Å². The number of hydrogen-bond acceptors (Lipinski definition) is 2. The molecule has 2 unspecified atom stereocenters. The highest BCUT2D eigenvalue weighted by Crippen LogP contribution is 2.30. The second kappa shape index (κ2) is 6.53. The van der Waals surface area contributed by atoms with Crippen molar-refractivity contribution in [3.8, 4) is 0 Å². The van der Waals surface area contributed by atoms with Crippen molar-refractivity contribution in [2.45, 2.75) is 46.1 Å². The van der Waals surface area contributed by atoms with Crippen molar-refractivity contribution < 1.29 is 0 Å². The number of benzene rings is 1. The number of aryl methyl sites for hydroxylation is 2. The largest absolute Gasteiger partial charge is 0.329 e. The highest BCUT2D eigenvalue weighted by atomic mass is 15.2. The molecule has 1 aromatic carbocycles. The molecule has 0 aromatic heterocycles. The molecule has 2 heteroatoms. The molecule has 1 aliphatic heterocycles. The van der Waals surface area contributed by atoms with Crippen LogP contribution in [0.3, 0.4) is 0 Å². The first-order valence-corrected chi connectivity index (χ1v) is 7.66. The maximum Gasteiger partial charge on any atom is 0.0470 e. The van der Waals surface area contributed by atoms with Gasteiger partial charge in [0, 0.05) is 19.1 Å². The summed E-state index contributed by atoms with van der Waals surface area (Å²) in [6.45, 7) is 9.79. The monoisotopic (exact) mass is 260 g/mol.